The lowest BCUT2D eigenvalue weighted by molar-refractivity contribution is -0.192. The zero-order valence-electron chi connectivity index (χ0n) is 21.7. The first-order chi connectivity index (χ1) is 19.5. The Balaban J connectivity index is 0.000000745. The number of hydrogen-bond acceptors (Lipinski definition) is 6. The van der Waals surface area contributed by atoms with Gasteiger partial charge in [-0.2, -0.15) is 13.2 Å². The second-order valence-corrected chi connectivity index (χ2v) is 8.53. The van der Waals surface area contributed by atoms with Crippen molar-refractivity contribution in [2.45, 2.75) is 31.5 Å². The van der Waals surface area contributed by atoms with Crippen LogP contribution >= 0.6 is 0 Å². The molecule has 0 fully saturated rings. The van der Waals surface area contributed by atoms with Gasteiger partial charge in [0.1, 0.15) is 5.82 Å². The number of aromatic nitrogens is 1. The van der Waals surface area contributed by atoms with Crippen molar-refractivity contribution in [1.82, 2.24) is 15.6 Å². The highest BCUT2D eigenvalue weighted by Gasteiger charge is 2.38. The second-order valence-electron chi connectivity index (χ2n) is 8.53. The number of carboxylic acids is 2. The van der Waals surface area contributed by atoms with Crippen LogP contribution in [0.5, 0.6) is 0 Å². The SMILES string of the molecule is O=C(O)C(F)(F)F.O=C(O)CC(NC(=O)CNC(=O)CCCNc1ccccn1)c1ccc(-c2ccccc2)cc1. The molecule has 1 unspecified atom stereocenters. The molecule has 13 heteroatoms. The summed E-state index contributed by atoms with van der Waals surface area (Å²) >= 11 is 0. The summed E-state index contributed by atoms with van der Waals surface area (Å²) in [5.41, 5.74) is 2.72. The maximum atomic E-state index is 12.4. The van der Waals surface area contributed by atoms with Crippen molar-refractivity contribution in [3.05, 3.63) is 84.6 Å². The Bertz CT molecular complexity index is 1270. The van der Waals surface area contributed by atoms with E-state index in [0.29, 0.717) is 18.5 Å². The van der Waals surface area contributed by atoms with E-state index >= 15 is 0 Å². The number of carbonyl (C=O) groups is 4. The number of pyridine rings is 1. The van der Waals surface area contributed by atoms with E-state index in [9.17, 15) is 32.7 Å². The van der Waals surface area contributed by atoms with Gasteiger partial charge in [0.15, 0.2) is 0 Å². The molecule has 0 bridgehead atoms. The zero-order valence-corrected chi connectivity index (χ0v) is 21.7. The molecule has 1 heterocycles. The molecule has 5 N–H and O–H groups in total. The average molecular weight is 575 g/mol. The van der Waals surface area contributed by atoms with Gasteiger partial charge in [0.25, 0.3) is 0 Å². The number of amides is 2. The van der Waals surface area contributed by atoms with E-state index in [1.807, 2.05) is 72.8 Å². The molecule has 3 rings (SSSR count). The number of benzene rings is 2. The number of halogens is 3. The Morgan fingerprint density at radius 1 is 0.829 bits per heavy atom. The fourth-order valence-electron chi connectivity index (χ4n) is 3.41. The highest BCUT2D eigenvalue weighted by atomic mass is 19.4. The van der Waals surface area contributed by atoms with Crippen molar-refractivity contribution in [1.29, 1.82) is 0 Å². The maximum absolute atomic E-state index is 12.4. The molecule has 10 nitrogen and oxygen atoms in total. The minimum Gasteiger partial charge on any atom is -0.481 e. The van der Waals surface area contributed by atoms with Gasteiger partial charge in [0.05, 0.1) is 19.0 Å². The molecule has 41 heavy (non-hydrogen) atoms. The van der Waals surface area contributed by atoms with Crippen molar-refractivity contribution >= 4 is 29.6 Å². The van der Waals surface area contributed by atoms with Crippen LogP contribution in [0, 0.1) is 0 Å². The van der Waals surface area contributed by atoms with Crippen LogP contribution in [0.4, 0.5) is 19.0 Å². The van der Waals surface area contributed by atoms with E-state index in [4.69, 9.17) is 9.90 Å². The van der Waals surface area contributed by atoms with Gasteiger partial charge in [0.2, 0.25) is 11.8 Å². The molecule has 218 valence electrons. The standard InChI is InChI=1S/C26H28N4O4.C2HF3O2/c31-24(10-6-16-28-23-9-4-5-15-27-23)29-18-25(32)30-22(17-26(33)34)21-13-11-20(12-14-21)19-7-2-1-3-8-19;3-2(4,5)1(6)7/h1-5,7-9,11-15,22H,6,10,16-18H2,(H,27,28)(H,29,31)(H,30,32)(H,33,34);(H,6,7). The van der Waals surface area contributed by atoms with Crippen LogP contribution in [0.15, 0.2) is 79.0 Å². The Labute approximate surface area is 233 Å². The topological polar surface area (TPSA) is 158 Å². The van der Waals surface area contributed by atoms with Crippen molar-refractivity contribution in [2.24, 2.45) is 0 Å². The molecule has 0 saturated carbocycles. The molecule has 1 atom stereocenters. The second kappa shape index (κ2) is 16.2. The zero-order chi connectivity index (χ0) is 30.3. The Hall–Kier alpha value is -4.94. The van der Waals surface area contributed by atoms with Gasteiger partial charge in [-0.25, -0.2) is 9.78 Å². The molecule has 1 aromatic heterocycles. The number of carbonyl (C=O) groups excluding carboxylic acids is 2. The van der Waals surface area contributed by atoms with Gasteiger partial charge in [-0.15, -0.1) is 0 Å². The molecule has 3 aromatic rings. The Morgan fingerprint density at radius 2 is 1.44 bits per heavy atom. The molecule has 0 radical (unpaired) electrons. The molecular formula is C28H29F3N4O6. The van der Waals surface area contributed by atoms with Crippen molar-refractivity contribution < 1.29 is 42.6 Å². The summed E-state index contributed by atoms with van der Waals surface area (Å²) in [7, 11) is 0. The number of nitrogens with one attached hydrogen (secondary N) is 3. The Kier molecular flexibility index (Phi) is 12.8. The first-order valence-electron chi connectivity index (χ1n) is 12.3. The number of alkyl halides is 3. The molecule has 0 aliphatic rings. The number of nitrogens with zero attached hydrogens (tertiary/aromatic N) is 1. The number of carboxylic acid groups (broad SMARTS) is 2. The predicted molar refractivity (Wildman–Crippen MR) is 144 cm³/mol. The van der Waals surface area contributed by atoms with Crippen molar-refractivity contribution in [3.63, 3.8) is 0 Å². The molecule has 0 aliphatic carbocycles. The quantitative estimate of drug-likeness (QED) is 0.203. The molecular weight excluding hydrogens is 545 g/mol. The lowest BCUT2D eigenvalue weighted by Crippen LogP contribution is -2.39. The smallest absolute Gasteiger partial charge is 0.481 e. The maximum Gasteiger partial charge on any atom is 0.490 e. The molecule has 0 saturated heterocycles. The highest BCUT2D eigenvalue weighted by Crippen LogP contribution is 2.23. The van der Waals surface area contributed by atoms with E-state index in [2.05, 4.69) is 20.9 Å². The first kappa shape index (κ1) is 32.3. The minimum atomic E-state index is -5.08. The van der Waals surface area contributed by atoms with Gasteiger partial charge < -0.3 is 26.2 Å². The van der Waals surface area contributed by atoms with Crippen LogP contribution in [0.3, 0.4) is 0 Å². The molecule has 2 aromatic carbocycles. The average Bonchev–Trinajstić information content (AvgIpc) is 2.94. The first-order valence-corrected chi connectivity index (χ1v) is 12.3. The van der Waals surface area contributed by atoms with Crippen LogP contribution in [-0.4, -0.2) is 58.2 Å². The van der Waals surface area contributed by atoms with Gasteiger partial charge in [0, 0.05) is 19.2 Å². The highest BCUT2D eigenvalue weighted by molar-refractivity contribution is 5.85. The van der Waals surface area contributed by atoms with Gasteiger partial charge in [-0.1, -0.05) is 60.7 Å². The summed E-state index contributed by atoms with van der Waals surface area (Å²) in [5.74, 6) is -3.74. The van der Waals surface area contributed by atoms with Crippen molar-refractivity contribution in [2.75, 3.05) is 18.4 Å². The van der Waals surface area contributed by atoms with Crippen molar-refractivity contribution in [3.8, 4) is 11.1 Å². The van der Waals surface area contributed by atoms with Crippen LogP contribution in [0.1, 0.15) is 30.9 Å². The minimum absolute atomic E-state index is 0.218. The molecule has 2 amide bonds. The summed E-state index contributed by atoms with van der Waals surface area (Å²) in [4.78, 5) is 48.8. The third kappa shape index (κ3) is 12.6. The number of hydrogen-bond donors (Lipinski definition) is 5. The van der Waals surface area contributed by atoms with Gasteiger partial charge in [-0.3, -0.25) is 14.4 Å². The number of aliphatic carboxylic acids is 2. The fraction of sp³-hybridized carbons (Fsp3) is 0.250. The van der Waals surface area contributed by atoms with E-state index in [1.165, 1.54) is 0 Å². The summed E-state index contributed by atoms with van der Waals surface area (Å²) in [6.45, 7) is 0.362. The summed E-state index contributed by atoms with van der Waals surface area (Å²) in [6, 6.07) is 22.1. The lowest BCUT2D eigenvalue weighted by Gasteiger charge is -2.18. The summed E-state index contributed by atoms with van der Waals surface area (Å²) in [5, 5.41) is 24.8. The fourth-order valence-corrected chi connectivity index (χ4v) is 3.41. The number of anilines is 1. The third-order valence-electron chi connectivity index (χ3n) is 5.37. The largest absolute Gasteiger partial charge is 0.490 e. The van der Waals surface area contributed by atoms with Crippen LogP contribution in [0.25, 0.3) is 11.1 Å². The summed E-state index contributed by atoms with van der Waals surface area (Å²) in [6.07, 6.45) is -2.82. The molecule has 0 spiro atoms. The lowest BCUT2D eigenvalue weighted by atomic mass is 9.99. The van der Waals surface area contributed by atoms with Crippen LogP contribution < -0.4 is 16.0 Å². The van der Waals surface area contributed by atoms with Crippen LogP contribution in [0.2, 0.25) is 0 Å². The normalized spacial score (nSPS) is 11.3. The Morgan fingerprint density at radius 3 is 2.00 bits per heavy atom. The van der Waals surface area contributed by atoms with Gasteiger partial charge in [-0.05, 0) is 35.2 Å². The number of rotatable bonds is 12. The molecule has 0 aliphatic heterocycles. The summed E-state index contributed by atoms with van der Waals surface area (Å²) < 4.78 is 31.7. The van der Waals surface area contributed by atoms with Crippen LogP contribution in [-0.2, 0) is 19.2 Å². The monoisotopic (exact) mass is 574 g/mol. The third-order valence-corrected chi connectivity index (χ3v) is 5.37. The van der Waals surface area contributed by atoms with E-state index in [1.54, 1.807) is 6.20 Å². The predicted octanol–water partition coefficient (Wildman–Crippen LogP) is 4.02. The van der Waals surface area contributed by atoms with E-state index in [0.717, 1.165) is 16.9 Å². The van der Waals surface area contributed by atoms with E-state index < -0.39 is 30.1 Å². The van der Waals surface area contributed by atoms with Gasteiger partial charge >= 0.3 is 18.1 Å². The van der Waals surface area contributed by atoms with E-state index in [-0.39, 0.29) is 25.3 Å².